The van der Waals surface area contributed by atoms with Crippen molar-refractivity contribution in [2.45, 2.75) is 6.61 Å². The van der Waals surface area contributed by atoms with Gasteiger partial charge in [0.15, 0.2) is 23.1 Å². The second-order valence-electron chi connectivity index (χ2n) is 4.21. The van der Waals surface area contributed by atoms with Gasteiger partial charge in [0.2, 0.25) is 0 Å². The van der Waals surface area contributed by atoms with Crippen LogP contribution in [0.2, 0.25) is 0 Å². The molecule has 2 aromatic heterocycles. The minimum absolute atomic E-state index is 0.239. The van der Waals surface area contributed by atoms with Gasteiger partial charge in [0.25, 0.3) is 0 Å². The van der Waals surface area contributed by atoms with Crippen LogP contribution in [-0.2, 0) is 6.61 Å². The fourth-order valence-electron chi connectivity index (χ4n) is 1.95. The number of nitrogen functional groups attached to an aromatic ring is 1. The number of hydrazine groups is 1. The lowest BCUT2D eigenvalue weighted by Gasteiger charge is -2.10. The molecule has 3 N–H and O–H groups in total. The average molecular weight is 302 g/mol. The van der Waals surface area contributed by atoms with E-state index in [4.69, 9.17) is 15.3 Å². The van der Waals surface area contributed by atoms with E-state index in [2.05, 4.69) is 15.4 Å². The summed E-state index contributed by atoms with van der Waals surface area (Å²) in [4.78, 5) is 9.69. The quantitative estimate of drug-likeness (QED) is 0.557. The number of rotatable bonds is 5. The highest BCUT2D eigenvalue weighted by Gasteiger charge is 2.09. The third-order valence-electron chi connectivity index (χ3n) is 2.93. The summed E-state index contributed by atoms with van der Waals surface area (Å²) in [6.45, 7) is 0.239. The van der Waals surface area contributed by atoms with E-state index in [0.29, 0.717) is 23.1 Å². The van der Waals surface area contributed by atoms with E-state index >= 15 is 0 Å². The molecule has 21 heavy (non-hydrogen) atoms. The van der Waals surface area contributed by atoms with Crippen LogP contribution in [0.15, 0.2) is 35.7 Å². The molecule has 0 aliphatic rings. The summed E-state index contributed by atoms with van der Waals surface area (Å²) in [6, 6.07) is 9.38. The molecule has 6 nitrogen and oxygen atoms in total. The van der Waals surface area contributed by atoms with Gasteiger partial charge < -0.3 is 14.9 Å². The van der Waals surface area contributed by atoms with Crippen molar-refractivity contribution in [1.29, 1.82) is 0 Å². The first-order valence-corrected chi connectivity index (χ1v) is 7.16. The average Bonchev–Trinajstić information content (AvgIpc) is 3.00. The van der Waals surface area contributed by atoms with E-state index in [1.54, 1.807) is 7.11 Å². The first kappa shape index (κ1) is 13.6. The molecule has 0 fully saturated rings. The maximum atomic E-state index is 5.73. The first-order chi connectivity index (χ1) is 10.3. The predicted octanol–water partition coefficient (Wildman–Crippen LogP) is 2.56. The van der Waals surface area contributed by atoms with Crippen LogP contribution < -0.4 is 20.7 Å². The highest BCUT2D eigenvalue weighted by Crippen LogP contribution is 2.28. The zero-order chi connectivity index (χ0) is 14.7. The number of nitrogens with two attached hydrogens (primary N) is 1. The van der Waals surface area contributed by atoms with Gasteiger partial charge in [-0.2, -0.15) is 0 Å². The minimum Gasteiger partial charge on any atom is -0.493 e. The first-order valence-electron chi connectivity index (χ1n) is 6.28. The van der Waals surface area contributed by atoms with Gasteiger partial charge in [-0.05, 0) is 23.6 Å². The molecular formula is C14H14N4O2S. The summed E-state index contributed by atoms with van der Waals surface area (Å²) >= 11 is 1.53. The SMILES string of the molecule is COc1ccccc1OCc1nc(NN)c2ccsc2n1. The lowest BCUT2D eigenvalue weighted by molar-refractivity contribution is 0.277. The van der Waals surface area contributed by atoms with Gasteiger partial charge >= 0.3 is 0 Å². The maximum Gasteiger partial charge on any atom is 0.169 e. The second kappa shape index (κ2) is 5.94. The fraction of sp³-hybridized carbons (Fsp3) is 0.143. The lowest BCUT2D eigenvalue weighted by Crippen LogP contribution is -2.11. The van der Waals surface area contributed by atoms with Gasteiger partial charge in [0.05, 0.1) is 12.5 Å². The Morgan fingerprint density at radius 3 is 2.76 bits per heavy atom. The van der Waals surface area contributed by atoms with Gasteiger partial charge in [0.1, 0.15) is 11.4 Å². The Labute approximate surface area is 125 Å². The number of thiophene rings is 1. The molecule has 0 spiro atoms. The third kappa shape index (κ3) is 2.74. The van der Waals surface area contributed by atoms with Crippen LogP contribution in [-0.4, -0.2) is 17.1 Å². The highest BCUT2D eigenvalue weighted by molar-refractivity contribution is 7.16. The Hall–Kier alpha value is -2.38. The van der Waals surface area contributed by atoms with Crippen molar-refractivity contribution >= 4 is 27.4 Å². The molecule has 0 atom stereocenters. The van der Waals surface area contributed by atoms with Crippen LogP contribution in [0, 0.1) is 0 Å². The third-order valence-corrected chi connectivity index (χ3v) is 3.74. The van der Waals surface area contributed by atoms with Crippen LogP contribution in [0.25, 0.3) is 10.2 Å². The number of methoxy groups -OCH3 is 1. The summed E-state index contributed by atoms with van der Waals surface area (Å²) in [7, 11) is 1.60. The highest BCUT2D eigenvalue weighted by atomic mass is 32.1. The fourth-order valence-corrected chi connectivity index (χ4v) is 2.74. The minimum atomic E-state index is 0.239. The van der Waals surface area contributed by atoms with E-state index in [-0.39, 0.29) is 6.61 Å². The Bertz CT molecular complexity index is 760. The largest absolute Gasteiger partial charge is 0.493 e. The van der Waals surface area contributed by atoms with Crippen LogP contribution in [0.3, 0.4) is 0 Å². The Morgan fingerprint density at radius 2 is 2.00 bits per heavy atom. The summed E-state index contributed by atoms with van der Waals surface area (Å²) in [6.07, 6.45) is 0. The summed E-state index contributed by atoms with van der Waals surface area (Å²) < 4.78 is 11.0. The van der Waals surface area contributed by atoms with Crippen LogP contribution in [0.4, 0.5) is 5.82 Å². The van der Waals surface area contributed by atoms with E-state index in [9.17, 15) is 0 Å². The molecule has 7 heteroatoms. The van der Waals surface area contributed by atoms with Crippen LogP contribution in [0.5, 0.6) is 11.5 Å². The summed E-state index contributed by atoms with van der Waals surface area (Å²) in [5.74, 6) is 7.98. The number of benzene rings is 1. The summed E-state index contributed by atoms with van der Waals surface area (Å²) in [5.41, 5.74) is 2.59. The van der Waals surface area contributed by atoms with Crippen molar-refractivity contribution in [2.24, 2.45) is 5.84 Å². The number of ether oxygens (including phenoxy) is 2. The number of aromatic nitrogens is 2. The number of nitrogens with one attached hydrogen (secondary N) is 1. The van der Waals surface area contributed by atoms with Crippen molar-refractivity contribution in [2.75, 3.05) is 12.5 Å². The molecule has 0 radical (unpaired) electrons. The molecule has 0 aliphatic carbocycles. The van der Waals surface area contributed by atoms with Gasteiger partial charge in [-0.1, -0.05) is 12.1 Å². The molecule has 0 bridgehead atoms. The molecule has 108 valence electrons. The lowest BCUT2D eigenvalue weighted by atomic mass is 10.3. The van der Waals surface area contributed by atoms with Gasteiger partial charge in [-0.3, -0.25) is 0 Å². The number of anilines is 1. The molecule has 1 aromatic carbocycles. The maximum absolute atomic E-state index is 5.73. The molecule has 0 saturated heterocycles. The van der Waals surface area contributed by atoms with Crippen LogP contribution >= 0.6 is 11.3 Å². The summed E-state index contributed by atoms with van der Waals surface area (Å²) in [5, 5.41) is 2.86. The van der Waals surface area contributed by atoms with Gasteiger partial charge in [-0.25, -0.2) is 15.8 Å². The van der Waals surface area contributed by atoms with E-state index in [0.717, 1.165) is 10.2 Å². The van der Waals surface area contributed by atoms with Crippen LogP contribution in [0.1, 0.15) is 5.82 Å². The zero-order valence-corrected chi connectivity index (χ0v) is 12.2. The van der Waals surface area contributed by atoms with Crippen molar-refractivity contribution in [1.82, 2.24) is 9.97 Å². The van der Waals surface area contributed by atoms with Crippen molar-refractivity contribution in [3.8, 4) is 11.5 Å². The molecule has 3 rings (SSSR count). The van der Waals surface area contributed by atoms with Gasteiger partial charge in [-0.15, -0.1) is 11.3 Å². The molecule has 3 aromatic rings. The molecule has 0 saturated carbocycles. The van der Waals surface area contributed by atoms with E-state index in [1.165, 1.54) is 11.3 Å². The molecule has 0 amide bonds. The number of nitrogens with zero attached hydrogens (tertiary/aromatic N) is 2. The smallest absolute Gasteiger partial charge is 0.169 e. The Kier molecular flexibility index (Phi) is 3.85. The van der Waals surface area contributed by atoms with Crippen molar-refractivity contribution < 1.29 is 9.47 Å². The predicted molar refractivity (Wildman–Crippen MR) is 82.6 cm³/mol. The van der Waals surface area contributed by atoms with E-state index < -0.39 is 0 Å². The Balaban J connectivity index is 1.85. The second-order valence-corrected chi connectivity index (χ2v) is 5.11. The molecule has 2 heterocycles. The standard InChI is InChI=1S/C14H14N4O2S/c1-19-10-4-2-3-5-11(10)20-8-12-16-13(18-15)9-6-7-21-14(9)17-12/h2-7H,8,15H2,1H3,(H,16,17,18). The monoisotopic (exact) mass is 302 g/mol. The van der Waals surface area contributed by atoms with Gasteiger partial charge in [0, 0.05) is 0 Å². The molecular weight excluding hydrogens is 288 g/mol. The van der Waals surface area contributed by atoms with E-state index in [1.807, 2.05) is 35.7 Å². The Morgan fingerprint density at radius 1 is 1.19 bits per heavy atom. The topological polar surface area (TPSA) is 82.3 Å². The van der Waals surface area contributed by atoms with Crippen molar-refractivity contribution in [3.63, 3.8) is 0 Å². The zero-order valence-electron chi connectivity index (χ0n) is 11.4. The van der Waals surface area contributed by atoms with Crippen molar-refractivity contribution in [3.05, 3.63) is 41.5 Å². The molecule has 0 aliphatic heterocycles. The number of hydrogen-bond acceptors (Lipinski definition) is 7. The number of para-hydroxylation sites is 2. The molecule has 0 unspecified atom stereocenters. The number of fused-ring (bicyclic) bond motifs is 1. The number of hydrogen-bond donors (Lipinski definition) is 2. The normalized spacial score (nSPS) is 10.6.